The van der Waals surface area contributed by atoms with Crippen molar-refractivity contribution in [2.24, 2.45) is 4.99 Å². The average molecular weight is 480 g/mol. The fourth-order valence-electron chi connectivity index (χ4n) is 3.97. The second-order valence-electron chi connectivity index (χ2n) is 8.31. The van der Waals surface area contributed by atoms with E-state index in [1.165, 1.54) is 19.2 Å². The van der Waals surface area contributed by atoms with Gasteiger partial charge in [-0.15, -0.1) is 0 Å². The number of nitrogens with one attached hydrogen (secondary N) is 2. The monoisotopic (exact) mass is 479 g/mol. The number of halogens is 2. The molecule has 3 aromatic carbocycles. The molecule has 0 aromatic heterocycles. The zero-order valence-corrected chi connectivity index (χ0v) is 20.0. The van der Waals surface area contributed by atoms with E-state index >= 15 is 0 Å². The van der Waals surface area contributed by atoms with E-state index in [0.717, 1.165) is 47.5 Å². The standard InChI is InChI=1S/C27H27ClFN3O2/c1-17-10-18(5-8-24(17)28)15-32-27(33)21-12-19(16-31-26-4-3-9-30-26)11-20(13-21)23-7-6-22(29)14-25(23)34-2/h5-8,10-14H,3-4,9,15-16H2,1-2H3,(H,30,31)(H,32,33). The molecule has 0 bridgehead atoms. The molecule has 0 aliphatic carbocycles. The Balaban J connectivity index is 1.61. The number of hydrogen-bond acceptors (Lipinski definition) is 4. The lowest BCUT2D eigenvalue weighted by molar-refractivity contribution is 0.0951. The first-order chi connectivity index (χ1) is 16.4. The van der Waals surface area contributed by atoms with Gasteiger partial charge in [-0.1, -0.05) is 23.7 Å². The topological polar surface area (TPSA) is 62.7 Å². The number of aliphatic imine (C=N–C) groups is 1. The Bertz CT molecular complexity index is 1240. The number of benzene rings is 3. The molecule has 0 fully saturated rings. The highest BCUT2D eigenvalue weighted by molar-refractivity contribution is 6.31. The molecule has 7 heteroatoms. The zero-order valence-electron chi connectivity index (χ0n) is 19.3. The number of amides is 1. The number of carbonyl (C=O) groups excluding carboxylic acids is 1. The lowest BCUT2D eigenvalue weighted by Crippen LogP contribution is -2.24. The number of amidine groups is 1. The lowest BCUT2D eigenvalue weighted by atomic mass is 9.98. The predicted octanol–water partition coefficient (Wildman–Crippen LogP) is 5.68. The highest BCUT2D eigenvalue weighted by Crippen LogP contribution is 2.32. The van der Waals surface area contributed by atoms with Gasteiger partial charge in [0.05, 0.1) is 12.9 Å². The van der Waals surface area contributed by atoms with Crippen LogP contribution < -0.4 is 15.4 Å². The van der Waals surface area contributed by atoms with Gasteiger partial charge in [0.15, 0.2) is 0 Å². The SMILES string of the molecule is COc1cc(F)ccc1-c1cc(CNC2=NCCC2)cc(C(=O)NCc2ccc(Cl)c(C)c2)c1. The van der Waals surface area contributed by atoms with Crippen molar-refractivity contribution in [3.8, 4) is 16.9 Å². The third kappa shape index (κ3) is 5.75. The highest BCUT2D eigenvalue weighted by Gasteiger charge is 2.14. The quantitative estimate of drug-likeness (QED) is 0.458. The average Bonchev–Trinajstić information content (AvgIpc) is 3.36. The maximum atomic E-state index is 13.8. The molecule has 0 saturated carbocycles. The third-order valence-corrected chi connectivity index (χ3v) is 6.20. The predicted molar refractivity (Wildman–Crippen MR) is 134 cm³/mol. The van der Waals surface area contributed by atoms with Crippen molar-refractivity contribution in [2.45, 2.75) is 32.9 Å². The number of nitrogens with zero attached hydrogens (tertiary/aromatic N) is 1. The molecule has 0 unspecified atom stereocenters. The number of carbonyl (C=O) groups is 1. The molecule has 1 amide bonds. The lowest BCUT2D eigenvalue weighted by Gasteiger charge is -2.14. The van der Waals surface area contributed by atoms with E-state index in [-0.39, 0.29) is 11.7 Å². The normalized spacial score (nSPS) is 12.9. The van der Waals surface area contributed by atoms with Crippen molar-refractivity contribution in [2.75, 3.05) is 13.7 Å². The van der Waals surface area contributed by atoms with Gasteiger partial charge in [0, 0.05) is 48.3 Å². The Labute approximate surface area is 204 Å². The van der Waals surface area contributed by atoms with Gasteiger partial charge in [0.2, 0.25) is 0 Å². The van der Waals surface area contributed by atoms with Crippen LogP contribution in [-0.4, -0.2) is 25.4 Å². The first-order valence-corrected chi connectivity index (χ1v) is 11.6. The largest absolute Gasteiger partial charge is 0.496 e. The zero-order chi connectivity index (χ0) is 24.1. The summed E-state index contributed by atoms with van der Waals surface area (Å²) >= 11 is 6.11. The van der Waals surface area contributed by atoms with Crippen LogP contribution in [0.15, 0.2) is 59.6 Å². The summed E-state index contributed by atoms with van der Waals surface area (Å²) in [4.78, 5) is 17.6. The van der Waals surface area contributed by atoms with E-state index in [1.54, 1.807) is 12.1 Å². The number of ether oxygens (including phenoxy) is 1. The minimum absolute atomic E-state index is 0.199. The Morgan fingerprint density at radius 3 is 2.68 bits per heavy atom. The molecule has 4 rings (SSSR count). The van der Waals surface area contributed by atoms with Crippen molar-refractivity contribution in [1.29, 1.82) is 0 Å². The maximum Gasteiger partial charge on any atom is 0.251 e. The van der Waals surface area contributed by atoms with Crippen LogP contribution in [0, 0.1) is 12.7 Å². The van der Waals surface area contributed by atoms with Crippen LogP contribution in [0.4, 0.5) is 4.39 Å². The Hall–Kier alpha value is -3.38. The summed E-state index contributed by atoms with van der Waals surface area (Å²) in [5.41, 5.74) is 4.85. The van der Waals surface area contributed by atoms with E-state index in [4.69, 9.17) is 16.3 Å². The Morgan fingerprint density at radius 1 is 1.09 bits per heavy atom. The van der Waals surface area contributed by atoms with Gasteiger partial charge in [-0.05, 0) is 72.0 Å². The number of hydrogen-bond donors (Lipinski definition) is 2. The van der Waals surface area contributed by atoms with Crippen LogP contribution in [0.3, 0.4) is 0 Å². The minimum atomic E-state index is -0.381. The molecule has 5 nitrogen and oxygen atoms in total. The summed E-state index contributed by atoms with van der Waals surface area (Å²) < 4.78 is 19.2. The second kappa shape index (κ2) is 10.7. The van der Waals surface area contributed by atoms with Crippen molar-refractivity contribution >= 4 is 23.3 Å². The van der Waals surface area contributed by atoms with Gasteiger partial charge in [0.25, 0.3) is 5.91 Å². The first kappa shape index (κ1) is 23.8. The molecule has 2 N–H and O–H groups in total. The van der Waals surface area contributed by atoms with Crippen LogP contribution in [-0.2, 0) is 13.1 Å². The highest BCUT2D eigenvalue weighted by atomic mass is 35.5. The van der Waals surface area contributed by atoms with Crippen LogP contribution in [0.25, 0.3) is 11.1 Å². The number of aryl methyl sites for hydroxylation is 1. The Morgan fingerprint density at radius 2 is 1.94 bits per heavy atom. The summed E-state index contributed by atoms with van der Waals surface area (Å²) in [6.07, 6.45) is 1.98. The van der Waals surface area contributed by atoms with E-state index < -0.39 is 0 Å². The van der Waals surface area contributed by atoms with Gasteiger partial charge in [-0.25, -0.2) is 4.39 Å². The summed E-state index contributed by atoms with van der Waals surface area (Å²) in [7, 11) is 1.50. The van der Waals surface area contributed by atoms with Crippen LogP contribution in [0.5, 0.6) is 5.75 Å². The Kier molecular flexibility index (Phi) is 7.48. The molecular weight excluding hydrogens is 453 g/mol. The molecular formula is C27H27ClFN3O2. The molecule has 0 spiro atoms. The fraction of sp³-hybridized carbons (Fsp3) is 0.259. The summed E-state index contributed by atoms with van der Waals surface area (Å²) in [5.74, 6) is 0.811. The van der Waals surface area contributed by atoms with Gasteiger partial charge in [-0.2, -0.15) is 0 Å². The van der Waals surface area contributed by atoms with Gasteiger partial charge in [-0.3, -0.25) is 9.79 Å². The summed E-state index contributed by atoms with van der Waals surface area (Å²) in [6, 6.07) is 15.7. The molecule has 0 atom stereocenters. The van der Waals surface area contributed by atoms with E-state index in [9.17, 15) is 9.18 Å². The first-order valence-electron chi connectivity index (χ1n) is 11.2. The molecule has 176 valence electrons. The molecule has 0 radical (unpaired) electrons. The summed E-state index contributed by atoms with van der Waals surface area (Å²) in [6.45, 7) is 3.69. The van der Waals surface area contributed by atoms with E-state index in [1.807, 2.05) is 37.3 Å². The smallest absolute Gasteiger partial charge is 0.251 e. The van der Waals surface area contributed by atoms with Crippen molar-refractivity contribution in [1.82, 2.24) is 10.6 Å². The molecule has 3 aromatic rings. The van der Waals surface area contributed by atoms with E-state index in [2.05, 4.69) is 15.6 Å². The molecule has 0 saturated heterocycles. The summed E-state index contributed by atoms with van der Waals surface area (Å²) in [5, 5.41) is 7.04. The molecule has 34 heavy (non-hydrogen) atoms. The van der Waals surface area contributed by atoms with E-state index in [0.29, 0.717) is 35.0 Å². The van der Waals surface area contributed by atoms with Gasteiger partial charge >= 0.3 is 0 Å². The number of methoxy groups -OCH3 is 1. The number of rotatable bonds is 7. The van der Waals surface area contributed by atoms with Gasteiger partial charge < -0.3 is 15.4 Å². The molecule has 1 aliphatic heterocycles. The van der Waals surface area contributed by atoms with Crippen LogP contribution in [0.1, 0.15) is 39.9 Å². The fourth-order valence-corrected chi connectivity index (χ4v) is 4.09. The molecule has 1 heterocycles. The second-order valence-corrected chi connectivity index (χ2v) is 8.72. The van der Waals surface area contributed by atoms with Crippen molar-refractivity contribution in [3.05, 3.63) is 87.7 Å². The maximum absolute atomic E-state index is 13.8. The van der Waals surface area contributed by atoms with Crippen molar-refractivity contribution in [3.63, 3.8) is 0 Å². The van der Waals surface area contributed by atoms with Crippen LogP contribution >= 0.6 is 11.6 Å². The van der Waals surface area contributed by atoms with Crippen LogP contribution in [0.2, 0.25) is 5.02 Å². The van der Waals surface area contributed by atoms with Gasteiger partial charge in [0.1, 0.15) is 11.6 Å². The third-order valence-electron chi connectivity index (χ3n) is 5.78. The molecule has 1 aliphatic rings. The van der Waals surface area contributed by atoms with Crippen molar-refractivity contribution < 1.29 is 13.9 Å². The minimum Gasteiger partial charge on any atom is -0.496 e.